The summed E-state index contributed by atoms with van der Waals surface area (Å²) in [4.78, 5) is 0. The number of anilines is 2. The molecule has 1 aromatic carbocycles. The van der Waals surface area contributed by atoms with Crippen LogP contribution in [-0.2, 0) is 6.18 Å². The highest BCUT2D eigenvalue weighted by molar-refractivity contribution is 5.59. The zero-order chi connectivity index (χ0) is 12.0. The largest absolute Gasteiger partial charge is 0.418 e. The molecule has 2 nitrogen and oxygen atoms in total. The van der Waals surface area contributed by atoms with Crippen LogP contribution in [0.25, 0.3) is 0 Å². The lowest BCUT2D eigenvalue weighted by atomic mass is 10.1. The van der Waals surface area contributed by atoms with E-state index in [1.165, 1.54) is 6.07 Å². The number of nitrogens with two attached hydrogens (primary N) is 1. The van der Waals surface area contributed by atoms with Crippen LogP contribution in [0.1, 0.15) is 25.3 Å². The van der Waals surface area contributed by atoms with E-state index in [-0.39, 0.29) is 11.2 Å². The quantitative estimate of drug-likeness (QED) is 0.765. The molecule has 0 aliphatic heterocycles. The molecule has 16 heavy (non-hydrogen) atoms. The molecule has 1 saturated carbocycles. The number of hydrogen-bond donors (Lipinski definition) is 2. The van der Waals surface area contributed by atoms with E-state index in [1.54, 1.807) is 6.07 Å². The summed E-state index contributed by atoms with van der Waals surface area (Å²) >= 11 is 0. The van der Waals surface area contributed by atoms with Crippen LogP contribution < -0.4 is 11.1 Å². The van der Waals surface area contributed by atoms with E-state index in [0.717, 1.165) is 18.9 Å². The Kier molecular flexibility index (Phi) is 2.29. The molecule has 0 amide bonds. The van der Waals surface area contributed by atoms with Crippen molar-refractivity contribution >= 4 is 11.4 Å². The molecule has 0 saturated heterocycles. The highest BCUT2D eigenvalue weighted by Gasteiger charge is 2.38. The smallest absolute Gasteiger partial charge is 0.398 e. The third kappa shape index (κ3) is 2.23. The zero-order valence-corrected chi connectivity index (χ0v) is 8.86. The van der Waals surface area contributed by atoms with E-state index >= 15 is 0 Å². The first-order valence-electron chi connectivity index (χ1n) is 5.05. The summed E-state index contributed by atoms with van der Waals surface area (Å²) in [5, 5.41) is 3.08. The van der Waals surface area contributed by atoms with E-state index in [1.807, 2.05) is 6.92 Å². The van der Waals surface area contributed by atoms with Gasteiger partial charge in [-0.25, -0.2) is 0 Å². The number of alkyl halides is 3. The second-order valence-electron chi connectivity index (χ2n) is 4.49. The van der Waals surface area contributed by atoms with Crippen LogP contribution in [0.2, 0.25) is 0 Å². The summed E-state index contributed by atoms with van der Waals surface area (Å²) < 4.78 is 37.7. The van der Waals surface area contributed by atoms with Crippen molar-refractivity contribution in [2.75, 3.05) is 11.1 Å². The molecule has 1 aliphatic carbocycles. The summed E-state index contributed by atoms with van der Waals surface area (Å²) in [5.41, 5.74) is 4.72. The molecular weight excluding hydrogens is 217 g/mol. The average Bonchev–Trinajstić information content (AvgIpc) is 2.85. The lowest BCUT2D eigenvalue weighted by Crippen LogP contribution is -2.17. The average molecular weight is 230 g/mol. The molecule has 0 spiro atoms. The SMILES string of the molecule is CC1(Nc2ccc(N)c(C(F)(F)F)c2)CC1. The van der Waals surface area contributed by atoms with Gasteiger partial charge in [0.1, 0.15) is 0 Å². The van der Waals surface area contributed by atoms with Crippen LogP contribution in [-0.4, -0.2) is 5.54 Å². The molecule has 0 atom stereocenters. The zero-order valence-electron chi connectivity index (χ0n) is 8.86. The fourth-order valence-electron chi connectivity index (χ4n) is 1.54. The molecule has 0 radical (unpaired) electrons. The molecule has 2 rings (SSSR count). The minimum atomic E-state index is -4.40. The summed E-state index contributed by atoms with van der Waals surface area (Å²) in [6, 6.07) is 3.93. The molecule has 88 valence electrons. The number of rotatable bonds is 2. The Hall–Kier alpha value is -1.39. The van der Waals surface area contributed by atoms with Gasteiger partial charge in [-0.3, -0.25) is 0 Å². The highest BCUT2D eigenvalue weighted by Crippen LogP contribution is 2.40. The van der Waals surface area contributed by atoms with Crippen molar-refractivity contribution in [3.05, 3.63) is 23.8 Å². The molecule has 0 aromatic heterocycles. The molecule has 1 aliphatic rings. The Balaban J connectivity index is 2.28. The lowest BCUT2D eigenvalue weighted by Gasteiger charge is -2.16. The van der Waals surface area contributed by atoms with Gasteiger partial charge in [-0.15, -0.1) is 0 Å². The van der Waals surface area contributed by atoms with Crippen LogP contribution in [0.3, 0.4) is 0 Å². The standard InChI is InChI=1S/C11H13F3N2/c1-10(4-5-10)16-7-2-3-9(15)8(6-7)11(12,13)14/h2-3,6,16H,4-5,15H2,1H3. The van der Waals surface area contributed by atoms with Gasteiger partial charge >= 0.3 is 6.18 Å². The molecule has 0 heterocycles. The number of nitrogens with one attached hydrogen (secondary N) is 1. The second-order valence-corrected chi connectivity index (χ2v) is 4.49. The van der Waals surface area contributed by atoms with Crippen LogP contribution >= 0.6 is 0 Å². The van der Waals surface area contributed by atoms with Gasteiger partial charge in [0, 0.05) is 16.9 Å². The number of nitrogen functional groups attached to an aromatic ring is 1. The Bertz CT molecular complexity index is 408. The Morgan fingerprint density at radius 1 is 1.31 bits per heavy atom. The molecule has 0 bridgehead atoms. The minimum Gasteiger partial charge on any atom is -0.398 e. The van der Waals surface area contributed by atoms with E-state index in [9.17, 15) is 13.2 Å². The van der Waals surface area contributed by atoms with Crippen molar-refractivity contribution in [3.63, 3.8) is 0 Å². The van der Waals surface area contributed by atoms with Crippen molar-refractivity contribution in [2.45, 2.75) is 31.5 Å². The van der Waals surface area contributed by atoms with Gasteiger partial charge in [0.05, 0.1) is 5.56 Å². The number of halogens is 3. The van der Waals surface area contributed by atoms with Gasteiger partial charge in [-0.1, -0.05) is 0 Å². The predicted octanol–water partition coefficient (Wildman–Crippen LogP) is 3.25. The van der Waals surface area contributed by atoms with Gasteiger partial charge in [0.2, 0.25) is 0 Å². The summed E-state index contributed by atoms with van der Waals surface area (Å²) in [5.74, 6) is 0. The lowest BCUT2D eigenvalue weighted by molar-refractivity contribution is -0.136. The maximum Gasteiger partial charge on any atom is 0.418 e. The Morgan fingerprint density at radius 3 is 2.44 bits per heavy atom. The van der Waals surface area contributed by atoms with Crippen LogP contribution in [0, 0.1) is 0 Å². The first-order valence-corrected chi connectivity index (χ1v) is 5.05. The first kappa shape index (κ1) is 11.1. The fourth-order valence-corrected chi connectivity index (χ4v) is 1.54. The van der Waals surface area contributed by atoms with Gasteiger partial charge in [-0.2, -0.15) is 13.2 Å². The van der Waals surface area contributed by atoms with Crippen molar-refractivity contribution in [1.29, 1.82) is 0 Å². The summed E-state index contributed by atoms with van der Waals surface area (Å²) in [6.07, 6.45) is -2.43. The van der Waals surface area contributed by atoms with Crippen molar-refractivity contribution in [1.82, 2.24) is 0 Å². The monoisotopic (exact) mass is 230 g/mol. The van der Waals surface area contributed by atoms with Gasteiger partial charge in [-0.05, 0) is 38.0 Å². The van der Waals surface area contributed by atoms with Crippen LogP contribution in [0.15, 0.2) is 18.2 Å². The molecule has 5 heteroatoms. The summed E-state index contributed by atoms with van der Waals surface area (Å²) in [6.45, 7) is 1.98. The first-order chi connectivity index (χ1) is 7.30. The molecule has 3 N–H and O–H groups in total. The molecule has 0 unspecified atom stereocenters. The van der Waals surface area contributed by atoms with Gasteiger partial charge < -0.3 is 11.1 Å². The van der Waals surface area contributed by atoms with E-state index in [0.29, 0.717) is 5.69 Å². The topological polar surface area (TPSA) is 38.0 Å². The maximum atomic E-state index is 12.6. The third-order valence-electron chi connectivity index (χ3n) is 2.80. The van der Waals surface area contributed by atoms with Crippen LogP contribution in [0.5, 0.6) is 0 Å². The number of benzene rings is 1. The van der Waals surface area contributed by atoms with E-state index in [4.69, 9.17) is 5.73 Å². The van der Waals surface area contributed by atoms with E-state index < -0.39 is 11.7 Å². The Labute approximate surface area is 91.6 Å². The van der Waals surface area contributed by atoms with Gasteiger partial charge in [0.25, 0.3) is 0 Å². The van der Waals surface area contributed by atoms with E-state index in [2.05, 4.69) is 5.32 Å². The maximum absolute atomic E-state index is 12.6. The highest BCUT2D eigenvalue weighted by atomic mass is 19.4. The fraction of sp³-hybridized carbons (Fsp3) is 0.455. The normalized spacial score (nSPS) is 18.2. The molecular formula is C11H13F3N2. The minimum absolute atomic E-state index is 0.0427. The van der Waals surface area contributed by atoms with Crippen LogP contribution in [0.4, 0.5) is 24.5 Å². The predicted molar refractivity (Wildman–Crippen MR) is 57.1 cm³/mol. The molecule has 1 aromatic rings. The second kappa shape index (κ2) is 3.30. The number of hydrogen-bond acceptors (Lipinski definition) is 2. The Morgan fingerprint density at radius 2 is 1.94 bits per heavy atom. The molecule has 1 fully saturated rings. The van der Waals surface area contributed by atoms with Crippen molar-refractivity contribution in [2.24, 2.45) is 0 Å². The van der Waals surface area contributed by atoms with Crippen molar-refractivity contribution in [3.8, 4) is 0 Å². The van der Waals surface area contributed by atoms with Crippen molar-refractivity contribution < 1.29 is 13.2 Å². The third-order valence-corrected chi connectivity index (χ3v) is 2.80. The summed E-state index contributed by atoms with van der Waals surface area (Å²) in [7, 11) is 0. The van der Waals surface area contributed by atoms with Gasteiger partial charge in [0.15, 0.2) is 0 Å².